The van der Waals surface area contributed by atoms with Crippen LogP contribution in [0.1, 0.15) is 71.8 Å². The van der Waals surface area contributed by atoms with Crippen molar-refractivity contribution in [2.24, 2.45) is 0 Å². The summed E-state index contributed by atoms with van der Waals surface area (Å²) >= 11 is 0. The number of rotatable bonds is 4. The molecular formula is C31H35N3O5. The molecule has 2 atom stereocenters. The van der Waals surface area contributed by atoms with Crippen molar-refractivity contribution in [3.05, 3.63) is 53.1 Å². The molecule has 2 amide bonds. The Hall–Kier alpha value is -3.52. The molecule has 8 nitrogen and oxygen atoms in total. The lowest BCUT2D eigenvalue weighted by Crippen LogP contribution is -2.51. The third-order valence-corrected chi connectivity index (χ3v) is 9.42. The Balaban J connectivity index is 1.43. The zero-order valence-electron chi connectivity index (χ0n) is 22.4. The maximum atomic E-state index is 13.5. The fraction of sp³-hybridized carbons (Fsp3) is 0.484. The highest BCUT2D eigenvalue weighted by Gasteiger charge is 2.59. The normalized spacial score (nSPS) is 24.3. The van der Waals surface area contributed by atoms with Gasteiger partial charge in [-0.3, -0.25) is 0 Å². The molecule has 7 rings (SSSR count). The monoisotopic (exact) mass is 529 g/mol. The number of nitrogens with zero attached hydrogens (tertiary/aromatic N) is 2. The van der Waals surface area contributed by atoms with Crippen molar-refractivity contribution in [1.29, 1.82) is 0 Å². The molecule has 0 unspecified atom stereocenters. The van der Waals surface area contributed by atoms with Gasteiger partial charge in [0, 0.05) is 42.0 Å². The summed E-state index contributed by atoms with van der Waals surface area (Å²) in [5.74, 6) is 0.469. The first-order valence-corrected chi connectivity index (χ1v) is 14.2. The van der Waals surface area contributed by atoms with E-state index in [1.165, 1.54) is 41.6 Å². The van der Waals surface area contributed by atoms with Gasteiger partial charge in [0.15, 0.2) is 0 Å². The van der Waals surface area contributed by atoms with E-state index in [2.05, 4.69) is 22.0 Å². The Morgan fingerprint density at radius 2 is 1.87 bits per heavy atom. The predicted octanol–water partition coefficient (Wildman–Crippen LogP) is 5.34. The number of amides is 2. The predicted molar refractivity (Wildman–Crippen MR) is 148 cm³/mol. The van der Waals surface area contributed by atoms with Crippen LogP contribution in [0, 0.1) is 0 Å². The molecule has 2 aliphatic carbocycles. The second-order valence-electron chi connectivity index (χ2n) is 11.6. The first-order chi connectivity index (χ1) is 19.0. The SMILES string of the molecule is COc1ccc2c(c1)[C@H]1C[C@@]1(NC(=O)N1CCOCC1)Cn1c-2c(C2CCCCC2)c2ccc(C(=O)O)cc21. The van der Waals surface area contributed by atoms with Crippen molar-refractivity contribution in [3.8, 4) is 17.0 Å². The van der Waals surface area contributed by atoms with E-state index >= 15 is 0 Å². The van der Waals surface area contributed by atoms with Gasteiger partial charge in [0.25, 0.3) is 0 Å². The summed E-state index contributed by atoms with van der Waals surface area (Å²) in [7, 11) is 1.69. The van der Waals surface area contributed by atoms with Crippen LogP contribution in [0.4, 0.5) is 4.79 Å². The number of morpholine rings is 1. The number of methoxy groups -OCH3 is 1. The fourth-order valence-electron chi connectivity index (χ4n) is 7.35. The van der Waals surface area contributed by atoms with Crippen LogP contribution in [0.25, 0.3) is 22.2 Å². The van der Waals surface area contributed by atoms with Crippen LogP contribution in [0.5, 0.6) is 5.75 Å². The molecule has 1 saturated heterocycles. The summed E-state index contributed by atoms with van der Waals surface area (Å²) in [6.45, 7) is 2.88. The first-order valence-electron chi connectivity index (χ1n) is 14.2. The van der Waals surface area contributed by atoms with Gasteiger partial charge >= 0.3 is 12.0 Å². The number of benzene rings is 2. The lowest BCUT2D eigenvalue weighted by Gasteiger charge is -2.30. The van der Waals surface area contributed by atoms with Crippen LogP contribution in [-0.4, -0.2) is 65.5 Å². The minimum Gasteiger partial charge on any atom is -0.497 e. The number of hydrogen-bond acceptors (Lipinski definition) is 4. The molecule has 3 aromatic rings. The van der Waals surface area contributed by atoms with Crippen LogP contribution in [0.15, 0.2) is 36.4 Å². The van der Waals surface area contributed by atoms with Gasteiger partial charge in [-0.1, -0.05) is 25.3 Å². The summed E-state index contributed by atoms with van der Waals surface area (Å²) in [5.41, 5.74) is 5.68. The summed E-state index contributed by atoms with van der Waals surface area (Å²) in [4.78, 5) is 27.3. The number of carbonyl (C=O) groups is 2. The Bertz CT molecular complexity index is 1470. The molecule has 8 heteroatoms. The van der Waals surface area contributed by atoms with Crippen molar-refractivity contribution in [3.63, 3.8) is 0 Å². The highest BCUT2D eigenvalue weighted by molar-refractivity contribution is 5.99. The molecule has 2 N–H and O–H groups in total. The van der Waals surface area contributed by atoms with Crippen LogP contribution >= 0.6 is 0 Å². The molecular weight excluding hydrogens is 494 g/mol. The number of fused-ring (bicyclic) bond motifs is 7. The van der Waals surface area contributed by atoms with E-state index in [1.807, 2.05) is 23.1 Å². The molecule has 39 heavy (non-hydrogen) atoms. The lowest BCUT2D eigenvalue weighted by molar-refractivity contribution is 0.0520. The number of carboxylic acids is 1. The van der Waals surface area contributed by atoms with Gasteiger partial charge in [-0.2, -0.15) is 0 Å². The van der Waals surface area contributed by atoms with E-state index in [1.54, 1.807) is 13.2 Å². The molecule has 2 aromatic carbocycles. The van der Waals surface area contributed by atoms with Crippen molar-refractivity contribution in [2.45, 2.75) is 62.4 Å². The van der Waals surface area contributed by atoms with Crippen LogP contribution < -0.4 is 10.1 Å². The molecule has 3 fully saturated rings. The molecule has 2 aliphatic heterocycles. The summed E-state index contributed by atoms with van der Waals surface area (Å²) in [6, 6.07) is 11.9. The topological polar surface area (TPSA) is 93.0 Å². The van der Waals surface area contributed by atoms with E-state index in [0.29, 0.717) is 38.8 Å². The number of hydrogen-bond donors (Lipinski definition) is 2. The Morgan fingerprint density at radius 1 is 1.08 bits per heavy atom. The second kappa shape index (κ2) is 9.30. The highest BCUT2D eigenvalue weighted by Crippen LogP contribution is 2.60. The minimum absolute atomic E-state index is 0.0520. The van der Waals surface area contributed by atoms with Crippen LogP contribution in [0.2, 0.25) is 0 Å². The van der Waals surface area contributed by atoms with Crippen molar-refractivity contribution in [2.75, 3.05) is 33.4 Å². The molecule has 0 bridgehead atoms. The maximum Gasteiger partial charge on any atom is 0.335 e. The van der Waals surface area contributed by atoms with Crippen LogP contribution in [-0.2, 0) is 11.3 Å². The Labute approximate surface area is 227 Å². The average molecular weight is 530 g/mol. The van der Waals surface area contributed by atoms with Gasteiger partial charge in [-0.05, 0) is 66.6 Å². The summed E-state index contributed by atoms with van der Waals surface area (Å²) in [6.07, 6.45) is 6.80. The third-order valence-electron chi connectivity index (χ3n) is 9.42. The van der Waals surface area contributed by atoms with E-state index in [0.717, 1.165) is 35.9 Å². The van der Waals surface area contributed by atoms with Crippen molar-refractivity contribution < 1.29 is 24.2 Å². The lowest BCUT2D eigenvalue weighted by atomic mass is 9.81. The largest absolute Gasteiger partial charge is 0.497 e. The number of carboxylic acid groups (broad SMARTS) is 1. The quantitative estimate of drug-likeness (QED) is 0.476. The number of ether oxygens (including phenoxy) is 2. The highest BCUT2D eigenvalue weighted by atomic mass is 16.5. The zero-order valence-corrected chi connectivity index (χ0v) is 22.4. The van der Waals surface area contributed by atoms with E-state index in [-0.39, 0.29) is 17.5 Å². The van der Waals surface area contributed by atoms with Gasteiger partial charge in [0.1, 0.15) is 5.75 Å². The maximum absolute atomic E-state index is 13.5. The molecule has 0 spiro atoms. The number of carbonyl (C=O) groups excluding carboxylic acids is 1. The number of aromatic nitrogens is 1. The molecule has 204 valence electrons. The van der Waals surface area contributed by atoms with Gasteiger partial charge in [0.05, 0.1) is 37.1 Å². The Kier molecular flexibility index (Phi) is 5.84. The molecule has 2 saturated carbocycles. The van der Waals surface area contributed by atoms with Gasteiger partial charge in [-0.25, -0.2) is 9.59 Å². The van der Waals surface area contributed by atoms with Gasteiger partial charge < -0.3 is 29.4 Å². The van der Waals surface area contributed by atoms with E-state index in [9.17, 15) is 14.7 Å². The van der Waals surface area contributed by atoms with E-state index < -0.39 is 11.5 Å². The van der Waals surface area contributed by atoms with Crippen molar-refractivity contribution >= 4 is 22.9 Å². The summed E-state index contributed by atoms with van der Waals surface area (Å²) < 4.78 is 13.4. The van der Waals surface area contributed by atoms with Gasteiger partial charge in [0.2, 0.25) is 0 Å². The Morgan fingerprint density at radius 3 is 2.62 bits per heavy atom. The fourth-order valence-corrected chi connectivity index (χ4v) is 7.35. The third kappa shape index (κ3) is 3.99. The number of aromatic carboxylic acids is 1. The minimum atomic E-state index is -0.926. The second-order valence-corrected chi connectivity index (χ2v) is 11.6. The molecule has 1 aromatic heterocycles. The molecule has 4 aliphatic rings. The van der Waals surface area contributed by atoms with Gasteiger partial charge in [-0.15, -0.1) is 0 Å². The number of urea groups is 1. The molecule has 0 radical (unpaired) electrons. The smallest absolute Gasteiger partial charge is 0.335 e. The average Bonchev–Trinajstić information content (AvgIpc) is 3.60. The summed E-state index contributed by atoms with van der Waals surface area (Å²) in [5, 5.41) is 14.4. The van der Waals surface area contributed by atoms with E-state index in [4.69, 9.17) is 9.47 Å². The van der Waals surface area contributed by atoms with Crippen LogP contribution in [0.3, 0.4) is 0 Å². The standard InChI is InChI=1S/C31H35N3O5/c1-38-21-8-10-22-24(16-21)25-17-31(25,32-30(37)33-11-13-39-14-12-33)18-34-26-15-20(29(35)36)7-9-23(26)27(28(22)34)19-5-3-2-4-6-19/h7-10,15-16,19,25H,2-6,11-14,17-18H2,1H3,(H,32,37)(H,35,36)/t25-,31-/m1/s1. The molecule has 3 heterocycles. The van der Waals surface area contributed by atoms with Crippen molar-refractivity contribution in [1.82, 2.24) is 14.8 Å². The number of nitrogens with one attached hydrogen (secondary N) is 1. The first kappa shape index (κ1) is 24.5. The zero-order chi connectivity index (χ0) is 26.7.